The fourth-order valence-electron chi connectivity index (χ4n) is 2.57. The van der Waals surface area contributed by atoms with E-state index in [9.17, 15) is 9.59 Å². The van der Waals surface area contributed by atoms with Gasteiger partial charge in [-0.1, -0.05) is 38.1 Å². The summed E-state index contributed by atoms with van der Waals surface area (Å²) in [4.78, 5) is 24.2. The molecule has 0 atom stereocenters. The van der Waals surface area contributed by atoms with Crippen LogP contribution in [-0.4, -0.2) is 18.8 Å². The molecule has 1 N–H and O–H groups in total. The summed E-state index contributed by atoms with van der Waals surface area (Å²) in [6.07, 6.45) is 1.36. The monoisotopic (exact) mass is 339 g/mol. The molecule has 2 aromatic rings. The minimum absolute atomic E-state index is 0.0130. The predicted octanol–water partition coefficient (Wildman–Crippen LogP) is 4.50. The van der Waals surface area contributed by atoms with Crippen molar-refractivity contribution in [1.82, 2.24) is 0 Å². The third-order valence-corrected chi connectivity index (χ3v) is 3.87. The molecule has 0 bridgehead atoms. The van der Waals surface area contributed by atoms with E-state index in [0.29, 0.717) is 17.2 Å². The van der Waals surface area contributed by atoms with E-state index in [-0.39, 0.29) is 24.5 Å². The quantitative estimate of drug-likeness (QED) is 0.721. The number of carbonyl (C=O) groups is 2. The normalized spacial score (nSPS) is 10.6. The van der Waals surface area contributed by atoms with Gasteiger partial charge in [0.05, 0.1) is 7.11 Å². The lowest BCUT2D eigenvalue weighted by molar-refractivity contribution is -0.116. The number of hydrogen-bond acceptors (Lipinski definition) is 3. The lowest BCUT2D eigenvalue weighted by atomic mass is 9.99. The Bertz CT molecular complexity index is 703. The lowest BCUT2D eigenvalue weighted by Gasteiger charge is -2.07. The number of Topliss-reactive ketones (excluding diaryl/α,β-unsaturated/α-hetero) is 1. The van der Waals surface area contributed by atoms with Gasteiger partial charge in [0.1, 0.15) is 5.75 Å². The van der Waals surface area contributed by atoms with Crippen molar-refractivity contribution in [3.05, 3.63) is 59.7 Å². The largest absolute Gasteiger partial charge is 0.497 e. The molecule has 0 aromatic heterocycles. The zero-order valence-electron chi connectivity index (χ0n) is 15.0. The third kappa shape index (κ3) is 6.07. The zero-order chi connectivity index (χ0) is 18.2. The van der Waals surface area contributed by atoms with Crippen molar-refractivity contribution in [2.24, 2.45) is 5.92 Å². The number of ether oxygens (including phenoxy) is 1. The molecule has 0 radical (unpaired) electrons. The molecule has 0 unspecified atom stereocenters. The summed E-state index contributed by atoms with van der Waals surface area (Å²) in [5.74, 6) is 1.13. The van der Waals surface area contributed by atoms with E-state index in [2.05, 4.69) is 19.2 Å². The molecule has 0 spiro atoms. The van der Waals surface area contributed by atoms with Crippen LogP contribution in [0.3, 0.4) is 0 Å². The van der Waals surface area contributed by atoms with Crippen molar-refractivity contribution in [3.8, 4) is 5.75 Å². The molecule has 0 fully saturated rings. The predicted molar refractivity (Wildman–Crippen MR) is 100 cm³/mol. The molecule has 0 saturated heterocycles. The van der Waals surface area contributed by atoms with Crippen LogP contribution in [-0.2, 0) is 11.2 Å². The van der Waals surface area contributed by atoms with Crippen LogP contribution >= 0.6 is 0 Å². The summed E-state index contributed by atoms with van der Waals surface area (Å²) < 4.78 is 5.07. The maximum absolute atomic E-state index is 12.2. The summed E-state index contributed by atoms with van der Waals surface area (Å²) in [5, 5.41) is 2.78. The molecule has 0 saturated carbocycles. The van der Waals surface area contributed by atoms with Gasteiger partial charge in [-0.25, -0.2) is 0 Å². The van der Waals surface area contributed by atoms with Gasteiger partial charge in [-0.2, -0.15) is 0 Å². The fourth-order valence-corrected chi connectivity index (χ4v) is 2.57. The maximum atomic E-state index is 12.2. The van der Waals surface area contributed by atoms with Gasteiger partial charge < -0.3 is 10.1 Å². The zero-order valence-corrected chi connectivity index (χ0v) is 15.0. The molecule has 0 aliphatic carbocycles. The third-order valence-electron chi connectivity index (χ3n) is 3.87. The van der Waals surface area contributed by atoms with Gasteiger partial charge in [0.2, 0.25) is 5.91 Å². The van der Waals surface area contributed by atoms with E-state index < -0.39 is 0 Å². The first-order chi connectivity index (χ1) is 12.0. The highest BCUT2D eigenvalue weighted by Gasteiger charge is 2.10. The van der Waals surface area contributed by atoms with Crippen molar-refractivity contribution in [1.29, 1.82) is 0 Å². The Hall–Kier alpha value is -2.62. The summed E-state index contributed by atoms with van der Waals surface area (Å²) >= 11 is 0. The number of carbonyl (C=O) groups excluding carboxylic acids is 2. The van der Waals surface area contributed by atoms with Gasteiger partial charge in [-0.3, -0.25) is 9.59 Å². The molecular formula is C21H25NO3. The Morgan fingerprint density at radius 3 is 2.16 bits per heavy atom. The molecule has 4 heteroatoms. The molecule has 0 aliphatic rings. The second-order valence-electron chi connectivity index (χ2n) is 6.49. The highest BCUT2D eigenvalue weighted by Crippen LogP contribution is 2.16. The Morgan fingerprint density at radius 1 is 0.960 bits per heavy atom. The number of hydrogen-bond donors (Lipinski definition) is 1. The van der Waals surface area contributed by atoms with E-state index >= 15 is 0 Å². The van der Waals surface area contributed by atoms with Gasteiger partial charge in [0, 0.05) is 24.1 Å². The Labute approximate surface area is 149 Å². The van der Waals surface area contributed by atoms with Gasteiger partial charge in [-0.15, -0.1) is 0 Å². The SMILES string of the molecule is COc1ccc(NC(=O)CCC(=O)c2ccc(CC(C)C)cc2)cc1. The van der Waals surface area contributed by atoms with Crippen LogP contribution in [0.15, 0.2) is 48.5 Å². The van der Waals surface area contributed by atoms with Gasteiger partial charge >= 0.3 is 0 Å². The number of amides is 1. The van der Waals surface area contributed by atoms with E-state index in [1.165, 1.54) is 5.56 Å². The second kappa shape index (κ2) is 9.02. The van der Waals surface area contributed by atoms with E-state index in [0.717, 1.165) is 12.2 Å². The number of rotatable bonds is 8. The number of methoxy groups -OCH3 is 1. The topological polar surface area (TPSA) is 55.4 Å². The lowest BCUT2D eigenvalue weighted by Crippen LogP contribution is -2.13. The Kier molecular flexibility index (Phi) is 6.75. The number of ketones is 1. The first kappa shape index (κ1) is 18.7. The van der Waals surface area contributed by atoms with E-state index in [1.807, 2.05) is 24.3 Å². The van der Waals surface area contributed by atoms with E-state index in [4.69, 9.17) is 4.74 Å². The van der Waals surface area contributed by atoms with Crippen molar-refractivity contribution in [2.75, 3.05) is 12.4 Å². The van der Waals surface area contributed by atoms with Crippen LogP contribution in [0.2, 0.25) is 0 Å². The molecule has 2 rings (SSSR count). The Balaban J connectivity index is 1.83. The molecule has 0 heterocycles. The van der Waals surface area contributed by atoms with Crippen LogP contribution in [0, 0.1) is 5.92 Å². The standard InChI is InChI=1S/C21H25NO3/c1-15(2)14-16-4-6-17(7-5-16)20(23)12-13-21(24)22-18-8-10-19(25-3)11-9-18/h4-11,15H,12-14H2,1-3H3,(H,22,24). The van der Waals surface area contributed by atoms with Crippen LogP contribution in [0.4, 0.5) is 5.69 Å². The average Bonchev–Trinajstić information content (AvgIpc) is 2.60. The van der Waals surface area contributed by atoms with Crippen molar-refractivity contribution < 1.29 is 14.3 Å². The van der Waals surface area contributed by atoms with Crippen LogP contribution < -0.4 is 10.1 Å². The number of anilines is 1. The molecular weight excluding hydrogens is 314 g/mol. The smallest absolute Gasteiger partial charge is 0.224 e. The van der Waals surface area contributed by atoms with Crippen LogP contribution in [0.1, 0.15) is 42.6 Å². The highest BCUT2D eigenvalue weighted by atomic mass is 16.5. The maximum Gasteiger partial charge on any atom is 0.224 e. The Morgan fingerprint density at radius 2 is 1.60 bits per heavy atom. The minimum atomic E-state index is -0.171. The first-order valence-electron chi connectivity index (χ1n) is 8.54. The molecule has 4 nitrogen and oxygen atoms in total. The molecule has 132 valence electrons. The van der Waals surface area contributed by atoms with Crippen LogP contribution in [0.5, 0.6) is 5.75 Å². The first-order valence-corrected chi connectivity index (χ1v) is 8.54. The van der Waals surface area contributed by atoms with Gasteiger partial charge in [0.25, 0.3) is 0 Å². The van der Waals surface area contributed by atoms with Crippen molar-refractivity contribution in [3.63, 3.8) is 0 Å². The summed E-state index contributed by atoms with van der Waals surface area (Å²) in [6.45, 7) is 4.33. The molecule has 25 heavy (non-hydrogen) atoms. The minimum Gasteiger partial charge on any atom is -0.497 e. The fraction of sp³-hybridized carbons (Fsp3) is 0.333. The summed E-state index contributed by atoms with van der Waals surface area (Å²) in [6, 6.07) is 14.8. The van der Waals surface area contributed by atoms with E-state index in [1.54, 1.807) is 31.4 Å². The number of nitrogens with one attached hydrogen (secondary N) is 1. The van der Waals surface area contributed by atoms with Crippen molar-refractivity contribution >= 4 is 17.4 Å². The molecule has 2 aromatic carbocycles. The number of benzene rings is 2. The highest BCUT2D eigenvalue weighted by molar-refractivity contribution is 6.00. The molecule has 0 aliphatic heterocycles. The van der Waals surface area contributed by atoms with Gasteiger partial charge in [-0.05, 0) is 42.2 Å². The summed E-state index contributed by atoms with van der Waals surface area (Å²) in [5.41, 5.74) is 2.57. The second-order valence-corrected chi connectivity index (χ2v) is 6.49. The van der Waals surface area contributed by atoms with Crippen LogP contribution in [0.25, 0.3) is 0 Å². The summed E-state index contributed by atoms with van der Waals surface area (Å²) in [7, 11) is 1.59. The average molecular weight is 339 g/mol. The molecule has 1 amide bonds. The van der Waals surface area contributed by atoms with Crippen molar-refractivity contribution in [2.45, 2.75) is 33.1 Å². The van der Waals surface area contributed by atoms with Gasteiger partial charge in [0.15, 0.2) is 5.78 Å².